The van der Waals surface area contributed by atoms with E-state index in [4.69, 9.17) is 0 Å². The number of hydrogen-bond acceptors (Lipinski definition) is 3. The van der Waals surface area contributed by atoms with Crippen molar-refractivity contribution in [1.82, 2.24) is 9.55 Å². The number of amides is 1. The Morgan fingerprint density at radius 3 is 2.70 bits per heavy atom. The zero-order chi connectivity index (χ0) is 16.4. The van der Waals surface area contributed by atoms with E-state index in [2.05, 4.69) is 32.9 Å². The fourth-order valence-electron chi connectivity index (χ4n) is 2.13. The average molecular weight is 423 g/mol. The molecule has 3 aromatic rings. The van der Waals surface area contributed by atoms with Gasteiger partial charge in [0.05, 0.1) is 17.2 Å². The van der Waals surface area contributed by atoms with Crippen molar-refractivity contribution in [3.63, 3.8) is 0 Å². The molecule has 1 heterocycles. The Hall–Kier alpha value is -2.29. The highest BCUT2D eigenvalue weighted by molar-refractivity contribution is 14.1. The molecule has 0 unspecified atom stereocenters. The van der Waals surface area contributed by atoms with E-state index in [9.17, 15) is 14.0 Å². The molecule has 0 fully saturated rings. The summed E-state index contributed by atoms with van der Waals surface area (Å²) in [6, 6.07) is 10.8. The zero-order valence-corrected chi connectivity index (χ0v) is 14.0. The average Bonchev–Trinajstić information content (AvgIpc) is 2.53. The summed E-state index contributed by atoms with van der Waals surface area (Å²) >= 11 is 2.11. The van der Waals surface area contributed by atoms with Crippen molar-refractivity contribution >= 4 is 45.1 Å². The molecule has 7 heteroatoms. The lowest BCUT2D eigenvalue weighted by Gasteiger charge is -2.08. The van der Waals surface area contributed by atoms with Crippen LogP contribution in [0.25, 0.3) is 10.9 Å². The minimum absolute atomic E-state index is 0.162. The molecule has 0 aliphatic rings. The summed E-state index contributed by atoms with van der Waals surface area (Å²) in [4.78, 5) is 28.6. The fraction of sp³-hybridized carbons (Fsp3) is 0.0625. The lowest BCUT2D eigenvalue weighted by atomic mass is 10.2. The number of halogens is 2. The minimum Gasteiger partial charge on any atom is -0.325 e. The predicted octanol–water partition coefficient (Wildman–Crippen LogP) is 2.78. The number of carbonyl (C=O) groups excluding carboxylic acids is 1. The van der Waals surface area contributed by atoms with Crippen LogP contribution in [-0.2, 0) is 11.3 Å². The van der Waals surface area contributed by atoms with Gasteiger partial charge in [-0.3, -0.25) is 14.2 Å². The van der Waals surface area contributed by atoms with Crippen LogP contribution in [0.15, 0.2) is 53.6 Å². The second kappa shape index (κ2) is 6.45. The van der Waals surface area contributed by atoms with Gasteiger partial charge in [-0.05, 0) is 65.1 Å². The zero-order valence-electron chi connectivity index (χ0n) is 11.8. The largest absolute Gasteiger partial charge is 0.325 e. The van der Waals surface area contributed by atoms with E-state index >= 15 is 0 Å². The van der Waals surface area contributed by atoms with Crippen molar-refractivity contribution in [2.75, 3.05) is 5.32 Å². The molecule has 0 aliphatic heterocycles. The van der Waals surface area contributed by atoms with Gasteiger partial charge in [-0.1, -0.05) is 0 Å². The molecule has 3 rings (SSSR count). The molecule has 2 aromatic carbocycles. The van der Waals surface area contributed by atoms with Crippen LogP contribution in [0.4, 0.5) is 10.1 Å². The van der Waals surface area contributed by atoms with Crippen molar-refractivity contribution in [2.24, 2.45) is 0 Å². The molecular formula is C16H11FIN3O2. The lowest BCUT2D eigenvalue weighted by Crippen LogP contribution is -2.27. The summed E-state index contributed by atoms with van der Waals surface area (Å²) in [5.74, 6) is -0.766. The fourth-order valence-corrected chi connectivity index (χ4v) is 2.62. The third-order valence-electron chi connectivity index (χ3n) is 3.23. The highest BCUT2D eigenvalue weighted by Gasteiger charge is 2.09. The number of fused-ring (bicyclic) bond motifs is 1. The van der Waals surface area contributed by atoms with Crippen molar-refractivity contribution < 1.29 is 9.18 Å². The van der Waals surface area contributed by atoms with Gasteiger partial charge in [-0.2, -0.15) is 0 Å². The molecule has 1 aromatic heterocycles. The first kappa shape index (κ1) is 15.6. The lowest BCUT2D eigenvalue weighted by molar-refractivity contribution is -0.116. The van der Waals surface area contributed by atoms with Crippen LogP contribution < -0.4 is 10.9 Å². The number of anilines is 1. The van der Waals surface area contributed by atoms with Gasteiger partial charge >= 0.3 is 0 Å². The summed E-state index contributed by atoms with van der Waals surface area (Å²) in [5, 5.41) is 3.08. The van der Waals surface area contributed by atoms with Crippen LogP contribution >= 0.6 is 22.6 Å². The van der Waals surface area contributed by atoms with E-state index in [1.807, 2.05) is 6.07 Å². The Bertz CT molecular complexity index is 938. The van der Waals surface area contributed by atoms with Crippen molar-refractivity contribution in [3.8, 4) is 0 Å². The summed E-state index contributed by atoms with van der Waals surface area (Å²) in [6.07, 6.45) is 1.35. The number of rotatable bonds is 3. The molecule has 0 saturated carbocycles. The highest BCUT2D eigenvalue weighted by Crippen LogP contribution is 2.12. The Labute approximate surface area is 144 Å². The van der Waals surface area contributed by atoms with Gasteiger partial charge in [-0.25, -0.2) is 9.37 Å². The van der Waals surface area contributed by atoms with Crippen LogP contribution in [0, 0.1) is 9.39 Å². The molecule has 1 amide bonds. The maximum absolute atomic E-state index is 12.8. The summed E-state index contributed by atoms with van der Waals surface area (Å²) < 4.78 is 15.0. The monoisotopic (exact) mass is 423 g/mol. The van der Waals surface area contributed by atoms with Crippen LogP contribution in [0.3, 0.4) is 0 Å². The third kappa shape index (κ3) is 3.55. The molecule has 1 N–H and O–H groups in total. The highest BCUT2D eigenvalue weighted by atomic mass is 127. The van der Waals surface area contributed by atoms with Crippen molar-refractivity contribution in [3.05, 3.63) is 68.5 Å². The number of carbonyl (C=O) groups is 1. The summed E-state index contributed by atoms with van der Waals surface area (Å²) in [5.41, 5.74) is 0.779. The van der Waals surface area contributed by atoms with Gasteiger partial charge in [0, 0.05) is 9.26 Å². The minimum atomic E-state index is -0.384. The molecule has 116 valence electrons. The number of nitrogens with zero attached hydrogens (tertiary/aromatic N) is 2. The standard InChI is InChI=1S/C16H11FIN3O2/c17-10-1-4-12(5-2-10)20-15(22)8-21-9-19-14-6-3-11(18)7-13(14)16(21)23/h1-7,9H,8H2,(H,20,22). The summed E-state index contributed by atoms with van der Waals surface area (Å²) in [6.45, 7) is -0.162. The van der Waals surface area contributed by atoms with Crippen molar-refractivity contribution in [1.29, 1.82) is 0 Å². The van der Waals surface area contributed by atoms with E-state index in [0.29, 0.717) is 16.6 Å². The first-order valence-corrected chi connectivity index (χ1v) is 7.81. The molecule has 0 radical (unpaired) electrons. The van der Waals surface area contributed by atoms with Crippen LogP contribution in [0.2, 0.25) is 0 Å². The van der Waals surface area contributed by atoms with E-state index in [1.54, 1.807) is 12.1 Å². The smallest absolute Gasteiger partial charge is 0.261 e. The molecule has 0 spiro atoms. The summed E-state index contributed by atoms with van der Waals surface area (Å²) in [7, 11) is 0. The Morgan fingerprint density at radius 1 is 1.22 bits per heavy atom. The van der Waals surface area contributed by atoms with Gasteiger partial charge in [0.15, 0.2) is 0 Å². The Balaban J connectivity index is 1.83. The van der Waals surface area contributed by atoms with Crippen LogP contribution in [0.5, 0.6) is 0 Å². The topological polar surface area (TPSA) is 64.0 Å². The maximum atomic E-state index is 12.8. The SMILES string of the molecule is O=C(Cn1cnc2ccc(I)cc2c1=O)Nc1ccc(F)cc1. The quantitative estimate of drug-likeness (QED) is 0.660. The third-order valence-corrected chi connectivity index (χ3v) is 3.90. The molecule has 5 nitrogen and oxygen atoms in total. The number of hydrogen-bond donors (Lipinski definition) is 1. The maximum Gasteiger partial charge on any atom is 0.261 e. The number of benzene rings is 2. The molecule has 0 saturated heterocycles. The number of aromatic nitrogens is 2. The van der Waals surface area contributed by atoms with Crippen LogP contribution in [0.1, 0.15) is 0 Å². The molecule has 0 bridgehead atoms. The van der Waals surface area contributed by atoms with Gasteiger partial charge in [0.2, 0.25) is 5.91 Å². The van der Waals surface area contributed by atoms with Gasteiger partial charge in [0.1, 0.15) is 12.4 Å². The molecule has 0 aliphatic carbocycles. The van der Waals surface area contributed by atoms with Gasteiger partial charge in [0.25, 0.3) is 5.56 Å². The van der Waals surface area contributed by atoms with E-state index in [1.165, 1.54) is 35.2 Å². The van der Waals surface area contributed by atoms with Crippen LogP contribution in [-0.4, -0.2) is 15.5 Å². The Kier molecular flexibility index (Phi) is 4.37. The normalized spacial score (nSPS) is 10.7. The second-order valence-electron chi connectivity index (χ2n) is 4.89. The Morgan fingerprint density at radius 2 is 1.96 bits per heavy atom. The van der Waals surface area contributed by atoms with Crippen molar-refractivity contribution in [2.45, 2.75) is 6.54 Å². The van der Waals surface area contributed by atoms with E-state index in [-0.39, 0.29) is 23.8 Å². The van der Waals surface area contributed by atoms with Gasteiger partial charge < -0.3 is 5.32 Å². The molecular weight excluding hydrogens is 412 g/mol. The van der Waals surface area contributed by atoms with E-state index in [0.717, 1.165) is 3.57 Å². The second-order valence-corrected chi connectivity index (χ2v) is 6.14. The van der Waals surface area contributed by atoms with Gasteiger partial charge in [-0.15, -0.1) is 0 Å². The predicted molar refractivity (Wildman–Crippen MR) is 93.7 cm³/mol. The van der Waals surface area contributed by atoms with E-state index < -0.39 is 0 Å². The molecule has 0 atom stereocenters. The first-order chi connectivity index (χ1) is 11.0. The first-order valence-electron chi connectivity index (χ1n) is 6.73. The number of nitrogens with one attached hydrogen (secondary N) is 1. The molecule has 23 heavy (non-hydrogen) atoms.